The van der Waals surface area contributed by atoms with Crippen LogP contribution in [0.4, 0.5) is 0 Å². The molecule has 0 saturated heterocycles. The molecule has 1 unspecified atom stereocenters. The molecule has 4 nitrogen and oxygen atoms in total. The first-order valence-corrected chi connectivity index (χ1v) is 3.20. The lowest BCUT2D eigenvalue weighted by Crippen LogP contribution is -2.30. The molecule has 0 aromatic rings. The third kappa shape index (κ3) is 3.79. The number of ether oxygens (including phenoxy) is 1. The average molecular weight is 150 g/mol. The fraction of sp³-hybridized carbons (Fsp3) is 1.00. The fourth-order valence-electron chi connectivity index (χ4n) is 0.395. The second-order valence-corrected chi connectivity index (χ2v) is 2.26. The molecule has 10 heavy (non-hydrogen) atoms. The van der Waals surface area contributed by atoms with E-state index in [1.807, 2.05) is 0 Å². The quantitative estimate of drug-likeness (QED) is 0.453. The van der Waals surface area contributed by atoms with E-state index in [0.29, 0.717) is 0 Å². The molecule has 0 heterocycles. The van der Waals surface area contributed by atoms with E-state index in [2.05, 4.69) is 0 Å². The van der Waals surface area contributed by atoms with Gasteiger partial charge in [-0.15, -0.1) is 0 Å². The van der Waals surface area contributed by atoms with E-state index in [0.717, 1.165) is 0 Å². The van der Waals surface area contributed by atoms with Crippen LogP contribution in [0.25, 0.3) is 0 Å². The molecular weight excluding hydrogens is 136 g/mol. The summed E-state index contributed by atoms with van der Waals surface area (Å²) in [4.78, 5) is 0. The second-order valence-electron chi connectivity index (χ2n) is 2.26. The maximum atomic E-state index is 8.84. The van der Waals surface area contributed by atoms with E-state index in [4.69, 9.17) is 20.1 Å². The van der Waals surface area contributed by atoms with Crippen LogP contribution in [-0.2, 0) is 4.74 Å². The van der Waals surface area contributed by atoms with Crippen molar-refractivity contribution in [1.29, 1.82) is 0 Å². The van der Waals surface area contributed by atoms with Gasteiger partial charge in [-0.1, -0.05) is 0 Å². The van der Waals surface area contributed by atoms with Crippen molar-refractivity contribution in [3.05, 3.63) is 0 Å². The molecule has 3 atom stereocenters. The van der Waals surface area contributed by atoms with Crippen molar-refractivity contribution in [2.75, 3.05) is 6.61 Å². The van der Waals surface area contributed by atoms with Crippen molar-refractivity contribution in [3.8, 4) is 0 Å². The van der Waals surface area contributed by atoms with Crippen LogP contribution in [0.2, 0.25) is 0 Å². The summed E-state index contributed by atoms with van der Waals surface area (Å²) in [6, 6.07) is 0. The van der Waals surface area contributed by atoms with Gasteiger partial charge < -0.3 is 20.1 Å². The number of aliphatic hydroxyl groups is 3. The summed E-state index contributed by atoms with van der Waals surface area (Å²) in [6.45, 7) is 2.85. The molecule has 0 saturated carbocycles. The van der Waals surface area contributed by atoms with E-state index in [1.54, 1.807) is 6.92 Å². The van der Waals surface area contributed by atoms with Gasteiger partial charge in [0.25, 0.3) is 0 Å². The van der Waals surface area contributed by atoms with Gasteiger partial charge in [0.15, 0.2) is 6.29 Å². The Morgan fingerprint density at radius 3 is 2.10 bits per heavy atom. The maximum absolute atomic E-state index is 8.84. The molecule has 0 aliphatic rings. The molecule has 0 aliphatic carbocycles. The Hall–Kier alpha value is -0.160. The van der Waals surface area contributed by atoms with Crippen LogP contribution in [-0.4, -0.2) is 40.4 Å². The molecular formula is C6H14O4. The Kier molecular flexibility index (Phi) is 4.55. The molecule has 0 amide bonds. The standard InChI is InChI=1S/C6H14O4/c1-4(3-7)10-6(9)5(2)8/h4-9H,3H2,1-2H3/t4?,5-,6+/m0/s1. The van der Waals surface area contributed by atoms with Crippen LogP contribution in [0.1, 0.15) is 13.8 Å². The SMILES string of the molecule is CC(CO)O[C@@H](O)[C@H](C)O. The van der Waals surface area contributed by atoms with Gasteiger partial charge in [0.2, 0.25) is 0 Å². The topological polar surface area (TPSA) is 69.9 Å². The highest BCUT2D eigenvalue weighted by molar-refractivity contribution is 4.53. The molecule has 0 bridgehead atoms. The molecule has 0 aliphatic heterocycles. The summed E-state index contributed by atoms with van der Waals surface area (Å²) in [7, 11) is 0. The maximum Gasteiger partial charge on any atom is 0.180 e. The molecule has 4 heteroatoms. The summed E-state index contributed by atoms with van der Waals surface area (Å²) in [6.07, 6.45) is -2.57. The van der Waals surface area contributed by atoms with E-state index < -0.39 is 18.5 Å². The minimum atomic E-state index is -1.21. The zero-order valence-corrected chi connectivity index (χ0v) is 6.19. The summed E-state index contributed by atoms with van der Waals surface area (Å²) < 4.78 is 4.72. The lowest BCUT2D eigenvalue weighted by atomic mass is 10.4. The Balaban J connectivity index is 3.46. The number of hydrogen-bond acceptors (Lipinski definition) is 4. The highest BCUT2D eigenvalue weighted by atomic mass is 16.6. The van der Waals surface area contributed by atoms with Crippen molar-refractivity contribution < 1.29 is 20.1 Å². The number of hydrogen-bond donors (Lipinski definition) is 3. The number of rotatable bonds is 4. The first-order chi connectivity index (χ1) is 4.57. The van der Waals surface area contributed by atoms with Gasteiger partial charge in [-0.3, -0.25) is 0 Å². The predicted molar refractivity (Wildman–Crippen MR) is 35.3 cm³/mol. The Morgan fingerprint density at radius 1 is 1.30 bits per heavy atom. The van der Waals surface area contributed by atoms with Crippen LogP contribution in [0.3, 0.4) is 0 Å². The largest absolute Gasteiger partial charge is 0.394 e. The van der Waals surface area contributed by atoms with Crippen LogP contribution in [0.15, 0.2) is 0 Å². The minimum absolute atomic E-state index is 0.163. The zero-order chi connectivity index (χ0) is 8.15. The van der Waals surface area contributed by atoms with Crippen LogP contribution < -0.4 is 0 Å². The normalized spacial score (nSPS) is 20.1. The smallest absolute Gasteiger partial charge is 0.180 e. The van der Waals surface area contributed by atoms with Gasteiger partial charge in [-0.25, -0.2) is 0 Å². The van der Waals surface area contributed by atoms with Gasteiger partial charge in [0, 0.05) is 0 Å². The number of aliphatic hydroxyl groups excluding tert-OH is 3. The summed E-state index contributed by atoms with van der Waals surface area (Å²) in [5.41, 5.74) is 0. The highest BCUT2D eigenvalue weighted by Crippen LogP contribution is 1.98. The monoisotopic (exact) mass is 150 g/mol. The average Bonchev–Trinajstić information content (AvgIpc) is 1.87. The van der Waals surface area contributed by atoms with Crippen molar-refractivity contribution in [3.63, 3.8) is 0 Å². The van der Waals surface area contributed by atoms with Crippen molar-refractivity contribution in [2.45, 2.75) is 32.3 Å². The van der Waals surface area contributed by atoms with Crippen LogP contribution in [0, 0.1) is 0 Å². The third-order valence-corrected chi connectivity index (χ3v) is 1.04. The lowest BCUT2D eigenvalue weighted by molar-refractivity contribution is -0.185. The lowest BCUT2D eigenvalue weighted by Gasteiger charge is -2.17. The first-order valence-electron chi connectivity index (χ1n) is 3.20. The van der Waals surface area contributed by atoms with E-state index >= 15 is 0 Å². The summed E-state index contributed by atoms with van der Waals surface area (Å²) >= 11 is 0. The third-order valence-electron chi connectivity index (χ3n) is 1.04. The Labute approximate surface area is 60.1 Å². The molecule has 62 valence electrons. The molecule has 0 rings (SSSR count). The summed E-state index contributed by atoms with van der Waals surface area (Å²) in [5, 5.41) is 26.0. The minimum Gasteiger partial charge on any atom is -0.394 e. The van der Waals surface area contributed by atoms with E-state index in [9.17, 15) is 0 Å². The molecule has 0 aromatic heterocycles. The molecule has 0 aromatic carbocycles. The Bertz CT molecular complexity index is 83.8. The molecule has 0 fully saturated rings. The van der Waals surface area contributed by atoms with Gasteiger partial charge in [0.1, 0.15) is 6.10 Å². The van der Waals surface area contributed by atoms with Crippen molar-refractivity contribution in [1.82, 2.24) is 0 Å². The first kappa shape index (κ1) is 9.84. The second kappa shape index (κ2) is 4.62. The molecule has 0 radical (unpaired) electrons. The van der Waals surface area contributed by atoms with E-state index in [-0.39, 0.29) is 6.61 Å². The van der Waals surface area contributed by atoms with Crippen LogP contribution in [0.5, 0.6) is 0 Å². The predicted octanol–water partition coefficient (Wildman–Crippen LogP) is -0.917. The van der Waals surface area contributed by atoms with Gasteiger partial charge in [0.05, 0.1) is 12.7 Å². The zero-order valence-electron chi connectivity index (χ0n) is 6.19. The Morgan fingerprint density at radius 2 is 1.80 bits per heavy atom. The summed E-state index contributed by atoms with van der Waals surface area (Å²) in [5.74, 6) is 0. The fourth-order valence-corrected chi connectivity index (χ4v) is 0.395. The molecule has 0 spiro atoms. The highest BCUT2D eigenvalue weighted by Gasteiger charge is 2.13. The molecule has 3 N–H and O–H groups in total. The van der Waals surface area contributed by atoms with Gasteiger partial charge >= 0.3 is 0 Å². The van der Waals surface area contributed by atoms with Gasteiger partial charge in [-0.2, -0.15) is 0 Å². The van der Waals surface area contributed by atoms with E-state index in [1.165, 1.54) is 6.92 Å². The van der Waals surface area contributed by atoms with Gasteiger partial charge in [-0.05, 0) is 13.8 Å². The van der Waals surface area contributed by atoms with Crippen molar-refractivity contribution >= 4 is 0 Å². The van der Waals surface area contributed by atoms with Crippen molar-refractivity contribution in [2.24, 2.45) is 0 Å². The van der Waals surface area contributed by atoms with Crippen LogP contribution >= 0.6 is 0 Å².